The molecule has 9 nitrogen and oxygen atoms in total. The van der Waals surface area contributed by atoms with Crippen molar-refractivity contribution in [3.63, 3.8) is 0 Å². The molecule has 0 spiro atoms. The van der Waals surface area contributed by atoms with Crippen LogP contribution < -0.4 is 5.32 Å². The number of rotatable bonds is 6. The number of nitrogens with one attached hydrogen (secondary N) is 1. The van der Waals surface area contributed by atoms with E-state index in [1.807, 2.05) is 12.1 Å². The maximum atomic E-state index is 12.7. The Labute approximate surface area is 192 Å². The lowest BCUT2D eigenvalue weighted by Crippen LogP contribution is -2.77. The minimum Gasteiger partial charge on any atom is -0.344 e. The molecule has 4 aliphatic rings. The van der Waals surface area contributed by atoms with Crippen LogP contribution >= 0.6 is 23.1 Å². The van der Waals surface area contributed by atoms with Gasteiger partial charge < -0.3 is 9.84 Å². The van der Waals surface area contributed by atoms with Crippen LogP contribution in [0, 0.1) is 0 Å². The van der Waals surface area contributed by atoms with Gasteiger partial charge in [0.25, 0.3) is 11.8 Å². The summed E-state index contributed by atoms with van der Waals surface area (Å²) >= 11 is 6.87. The van der Waals surface area contributed by atoms with Crippen molar-refractivity contribution in [1.29, 1.82) is 0 Å². The van der Waals surface area contributed by atoms with E-state index in [-0.39, 0.29) is 27.7 Å². The number of hydrogen-bond acceptors (Lipinski definition) is 9. The third-order valence-corrected chi connectivity index (χ3v) is 9.82. The number of aromatic nitrogens is 4. The summed E-state index contributed by atoms with van der Waals surface area (Å²) in [6.07, 6.45) is 4.37. The minimum absolute atomic E-state index is 0.178. The first kappa shape index (κ1) is 20.3. The van der Waals surface area contributed by atoms with Gasteiger partial charge in [-0.1, -0.05) is 16.8 Å². The van der Waals surface area contributed by atoms with Gasteiger partial charge in [0.05, 0.1) is 0 Å². The van der Waals surface area contributed by atoms with Gasteiger partial charge in [0.1, 0.15) is 4.75 Å². The molecule has 4 saturated carbocycles. The van der Waals surface area contributed by atoms with Gasteiger partial charge in [0, 0.05) is 27.8 Å². The highest BCUT2D eigenvalue weighted by atomic mass is 35.5. The van der Waals surface area contributed by atoms with Crippen molar-refractivity contribution in [1.82, 2.24) is 24.8 Å². The van der Waals surface area contributed by atoms with Crippen LogP contribution in [0.25, 0.3) is 11.5 Å². The van der Waals surface area contributed by atoms with E-state index in [1.165, 1.54) is 6.26 Å². The SMILES string of the molecule is CS(=O)(=O)C1(c2nsc(C(=O)NC34CC(c5noc(-c6ccc(Cl)cc6)n5)(C3)C4)n2)CC1. The third-order valence-electron chi connectivity index (χ3n) is 6.84. The predicted molar refractivity (Wildman–Crippen MR) is 116 cm³/mol. The zero-order chi connectivity index (χ0) is 22.4. The Balaban J connectivity index is 1.12. The Hall–Kier alpha value is -2.37. The molecule has 166 valence electrons. The molecule has 2 bridgehead atoms. The molecule has 0 aliphatic heterocycles. The largest absolute Gasteiger partial charge is 0.344 e. The van der Waals surface area contributed by atoms with Crippen LogP contribution in [-0.4, -0.2) is 45.6 Å². The summed E-state index contributed by atoms with van der Waals surface area (Å²) in [6, 6.07) is 7.20. The Morgan fingerprint density at radius 3 is 2.44 bits per heavy atom. The molecule has 0 atom stereocenters. The van der Waals surface area contributed by atoms with Crippen molar-refractivity contribution in [2.24, 2.45) is 0 Å². The lowest BCUT2D eigenvalue weighted by atomic mass is 9.39. The van der Waals surface area contributed by atoms with E-state index >= 15 is 0 Å². The summed E-state index contributed by atoms with van der Waals surface area (Å²) in [6.45, 7) is 0. The zero-order valence-corrected chi connectivity index (χ0v) is 19.4. The van der Waals surface area contributed by atoms with Gasteiger partial charge in [0.2, 0.25) is 5.01 Å². The van der Waals surface area contributed by atoms with Crippen molar-refractivity contribution >= 4 is 38.9 Å². The van der Waals surface area contributed by atoms with Gasteiger partial charge in [-0.2, -0.15) is 9.36 Å². The summed E-state index contributed by atoms with van der Waals surface area (Å²) in [5.41, 5.74) is 0.317. The van der Waals surface area contributed by atoms with Crippen LogP contribution in [0.5, 0.6) is 0 Å². The van der Waals surface area contributed by atoms with Crippen LogP contribution in [0.15, 0.2) is 28.8 Å². The molecule has 12 heteroatoms. The number of carbonyl (C=O) groups is 1. The number of nitrogens with zero attached hydrogens (tertiary/aromatic N) is 4. The first-order chi connectivity index (χ1) is 15.1. The highest BCUT2D eigenvalue weighted by molar-refractivity contribution is 7.91. The fraction of sp³-hybridized carbons (Fsp3) is 0.450. The Morgan fingerprint density at radius 2 is 1.81 bits per heavy atom. The second-order valence-corrected chi connectivity index (χ2v) is 12.7. The molecular formula is C20H18ClN5O4S2. The highest BCUT2D eigenvalue weighted by Gasteiger charge is 2.71. The maximum Gasteiger partial charge on any atom is 0.282 e. The smallest absolute Gasteiger partial charge is 0.282 e. The molecule has 1 N–H and O–H groups in total. The van der Waals surface area contributed by atoms with Crippen LogP contribution in [-0.2, 0) is 20.0 Å². The van der Waals surface area contributed by atoms with Gasteiger partial charge in [0.15, 0.2) is 21.5 Å². The fourth-order valence-electron chi connectivity index (χ4n) is 4.98. The first-order valence-electron chi connectivity index (χ1n) is 10.1. The topological polar surface area (TPSA) is 128 Å². The fourth-order valence-corrected chi connectivity index (χ4v) is 7.08. The molecule has 4 fully saturated rings. The third kappa shape index (κ3) is 2.87. The Bertz CT molecular complexity index is 1340. The Morgan fingerprint density at radius 1 is 1.12 bits per heavy atom. The molecule has 2 heterocycles. The van der Waals surface area contributed by atoms with Gasteiger partial charge in [-0.25, -0.2) is 13.4 Å². The molecule has 4 aliphatic carbocycles. The molecule has 0 radical (unpaired) electrons. The summed E-state index contributed by atoms with van der Waals surface area (Å²) in [5, 5.41) is 8.05. The summed E-state index contributed by atoms with van der Waals surface area (Å²) in [7, 11) is -3.32. The predicted octanol–water partition coefficient (Wildman–Crippen LogP) is 2.88. The van der Waals surface area contributed by atoms with E-state index in [1.54, 1.807) is 12.1 Å². The summed E-state index contributed by atoms with van der Waals surface area (Å²) < 4.78 is 32.7. The molecule has 7 rings (SSSR count). The minimum atomic E-state index is -3.32. The lowest BCUT2D eigenvalue weighted by Gasteiger charge is -2.68. The van der Waals surface area contributed by atoms with Crippen LogP contribution in [0.3, 0.4) is 0 Å². The number of carbonyl (C=O) groups excluding carboxylic acids is 1. The molecule has 1 amide bonds. The second-order valence-electron chi connectivity index (χ2n) is 9.16. The highest BCUT2D eigenvalue weighted by Crippen LogP contribution is 2.67. The normalized spacial score (nSPS) is 27.3. The zero-order valence-electron chi connectivity index (χ0n) is 17.0. The van der Waals surface area contributed by atoms with E-state index in [4.69, 9.17) is 16.1 Å². The van der Waals surface area contributed by atoms with Gasteiger partial charge in [-0.3, -0.25) is 4.79 Å². The van der Waals surface area contributed by atoms with E-state index in [0.29, 0.717) is 29.6 Å². The van der Waals surface area contributed by atoms with Crippen molar-refractivity contribution in [3.05, 3.63) is 45.9 Å². The van der Waals surface area contributed by atoms with Gasteiger partial charge in [-0.15, -0.1) is 0 Å². The first-order valence-corrected chi connectivity index (χ1v) is 13.1. The van der Waals surface area contributed by atoms with Crippen molar-refractivity contribution in [3.8, 4) is 11.5 Å². The standard InChI is InChI=1S/C20H18ClN5O4S2/c1-32(28,29)20(6-7-20)17-23-15(31-26-17)13(27)24-19-8-18(9-19,10-19)16-22-14(30-25-16)11-2-4-12(21)5-3-11/h2-5H,6-10H2,1H3,(H,24,27). The van der Waals surface area contributed by atoms with Crippen molar-refractivity contribution < 1.29 is 17.7 Å². The molecular weight excluding hydrogens is 474 g/mol. The maximum absolute atomic E-state index is 12.7. The van der Waals surface area contributed by atoms with Gasteiger partial charge in [-0.05, 0) is 67.9 Å². The van der Waals surface area contributed by atoms with E-state index < -0.39 is 14.6 Å². The molecule has 32 heavy (non-hydrogen) atoms. The van der Waals surface area contributed by atoms with Crippen LogP contribution in [0.1, 0.15) is 53.6 Å². The van der Waals surface area contributed by atoms with Gasteiger partial charge >= 0.3 is 0 Å². The van der Waals surface area contributed by atoms with Crippen molar-refractivity contribution in [2.45, 2.75) is 47.8 Å². The van der Waals surface area contributed by atoms with Crippen molar-refractivity contribution in [2.75, 3.05) is 6.26 Å². The number of amides is 1. The lowest BCUT2D eigenvalue weighted by molar-refractivity contribution is -0.0872. The molecule has 0 saturated heterocycles. The molecule has 3 aromatic rings. The van der Waals surface area contributed by atoms with E-state index in [0.717, 1.165) is 36.4 Å². The number of halogens is 1. The average Bonchev–Trinajstić information content (AvgIpc) is 3.14. The molecule has 1 aromatic carbocycles. The van der Waals surface area contributed by atoms with Crippen LogP contribution in [0.4, 0.5) is 0 Å². The number of hydrogen-bond donors (Lipinski definition) is 1. The summed E-state index contributed by atoms with van der Waals surface area (Å²) in [4.78, 5) is 21.5. The number of sulfone groups is 1. The van der Waals surface area contributed by atoms with Crippen LogP contribution in [0.2, 0.25) is 5.02 Å². The summed E-state index contributed by atoms with van der Waals surface area (Å²) in [5.74, 6) is 1.02. The Kier molecular flexibility index (Phi) is 4.02. The monoisotopic (exact) mass is 491 g/mol. The second kappa shape index (κ2) is 6.36. The van der Waals surface area contributed by atoms with E-state index in [2.05, 4.69) is 24.8 Å². The molecule has 0 unspecified atom stereocenters. The quantitative estimate of drug-likeness (QED) is 0.557. The average molecular weight is 492 g/mol. The molecule has 2 aromatic heterocycles. The van der Waals surface area contributed by atoms with E-state index in [9.17, 15) is 13.2 Å². The number of benzene rings is 1.